The molecule has 0 saturated heterocycles. The van der Waals surface area contributed by atoms with Crippen LogP contribution in [0.4, 0.5) is 10.2 Å². The molecule has 1 aromatic carbocycles. The summed E-state index contributed by atoms with van der Waals surface area (Å²) in [5, 5.41) is 3.04. The van der Waals surface area contributed by atoms with Gasteiger partial charge in [-0.05, 0) is 17.7 Å². The fourth-order valence-corrected chi connectivity index (χ4v) is 2.43. The van der Waals surface area contributed by atoms with Crippen molar-refractivity contribution in [3.8, 4) is 5.75 Å². The van der Waals surface area contributed by atoms with Crippen molar-refractivity contribution in [1.82, 2.24) is 19.9 Å². The Bertz CT molecular complexity index is 957. The third kappa shape index (κ3) is 3.54. The van der Waals surface area contributed by atoms with Gasteiger partial charge in [-0.3, -0.25) is 0 Å². The second-order valence-corrected chi connectivity index (χ2v) is 6.30. The molecule has 2 aromatic heterocycles. The van der Waals surface area contributed by atoms with Crippen LogP contribution in [0.25, 0.3) is 11.2 Å². The van der Waals surface area contributed by atoms with Gasteiger partial charge < -0.3 is 14.5 Å². The van der Waals surface area contributed by atoms with Crippen LogP contribution in [-0.4, -0.2) is 34.6 Å². The standard InChI is InChI=1S/C13H12FN5O3S/c1-23(20,21)22-10-3-2-8(4-9(10)14)5-15-12-11-13(17-6-16-11)19-7-18-12/h2-4,6-7H,5H2,1H3,(H2,15,16,17,18,19). The Balaban J connectivity index is 1.76. The first kappa shape index (κ1) is 15.2. The van der Waals surface area contributed by atoms with Gasteiger partial charge in [0, 0.05) is 6.54 Å². The molecule has 0 saturated carbocycles. The van der Waals surface area contributed by atoms with Gasteiger partial charge in [-0.1, -0.05) is 6.07 Å². The lowest BCUT2D eigenvalue weighted by atomic mass is 10.2. The molecule has 0 amide bonds. The minimum Gasteiger partial charge on any atom is -0.379 e. The van der Waals surface area contributed by atoms with E-state index in [-0.39, 0.29) is 12.3 Å². The fraction of sp³-hybridized carbons (Fsp3) is 0.154. The van der Waals surface area contributed by atoms with Crippen molar-refractivity contribution in [2.24, 2.45) is 0 Å². The SMILES string of the molecule is CS(=O)(=O)Oc1ccc(CNc2ncnc3nc[nH]c23)cc1F. The Kier molecular flexibility index (Phi) is 3.82. The highest BCUT2D eigenvalue weighted by atomic mass is 32.2. The van der Waals surface area contributed by atoms with Gasteiger partial charge in [-0.2, -0.15) is 8.42 Å². The van der Waals surface area contributed by atoms with E-state index in [1.807, 2.05) is 0 Å². The molecule has 0 aliphatic rings. The van der Waals surface area contributed by atoms with Crippen molar-refractivity contribution in [3.05, 3.63) is 42.2 Å². The van der Waals surface area contributed by atoms with E-state index in [1.165, 1.54) is 24.8 Å². The number of rotatable bonds is 5. The largest absolute Gasteiger partial charge is 0.379 e. The molecule has 0 spiro atoms. The Morgan fingerprint density at radius 3 is 2.87 bits per heavy atom. The number of H-pyrrole nitrogens is 1. The minimum atomic E-state index is -3.77. The van der Waals surface area contributed by atoms with E-state index in [4.69, 9.17) is 0 Å². The summed E-state index contributed by atoms with van der Waals surface area (Å²) in [6, 6.07) is 4.01. The van der Waals surface area contributed by atoms with E-state index in [1.54, 1.807) is 6.07 Å². The summed E-state index contributed by atoms with van der Waals surface area (Å²) >= 11 is 0. The first-order valence-electron chi connectivity index (χ1n) is 6.48. The maximum absolute atomic E-state index is 13.9. The van der Waals surface area contributed by atoms with Crippen LogP contribution in [0.3, 0.4) is 0 Å². The van der Waals surface area contributed by atoms with Crippen LogP contribution < -0.4 is 9.50 Å². The maximum Gasteiger partial charge on any atom is 0.306 e. The van der Waals surface area contributed by atoms with Crippen molar-refractivity contribution in [1.29, 1.82) is 0 Å². The summed E-state index contributed by atoms with van der Waals surface area (Å²) in [7, 11) is -3.77. The number of anilines is 1. The molecule has 3 rings (SSSR count). The third-order valence-corrected chi connectivity index (χ3v) is 3.40. The number of fused-ring (bicyclic) bond motifs is 1. The van der Waals surface area contributed by atoms with Gasteiger partial charge in [-0.15, -0.1) is 0 Å². The van der Waals surface area contributed by atoms with E-state index >= 15 is 0 Å². The number of halogens is 1. The second kappa shape index (κ2) is 5.80. The molecule has 3 aromatic rings. The highest BCUT2D eigenvalue weighted by molar-refractivity contribution is 7.86. The Hall–Kier alpha value is -2.75. The van der Waals surface area contributed by atoms with Crippen LogP contribution in [0.15, 0.2) is 30.9 Å². The van der Waals surface area contributed by atoms with Gasteiger partial charge in [0.2, 0.25) is 0 Å². The fourth-order valence-electron chi connectivity index (χ4n) is 1.97. The van der Waals surface area contributed by atoms with E-state index in [2.05, 4.69) is 29.4 Å². The predicted molar refractivity (Wildman–Crippen MR) is 80.9 cm³/mol. The smallest absolute Gasteiger partial charge is 0.306 e. The van der Waals surface area contributed by atoms with Crippen molar-refractivity contribution < 1.29 is 17.0 Å². The Morgan fingerprint density at radius 1 is 1.30 bits per heavy atom. The molecular weight excluding hydrogens is 325 g/mol. The number of imidazole rings is 1. The summed E-state index contributed by atoms with van der Waals surface area (Å²) in [5.74, 6) is -0.567. The molecule has 2 heterocycles. The van der Waals surface area contributed by atoms with Crippen molar-refractivity contribution in [2.45, 2.75) is 6.54 Å². The molecule has 0 aliphatic carbocycles. The lowest BCUT2D eigenvalue weighted by Crippen LogP contribution is -2.08. The van der Waals surface area contributed by atoms with Gasteiger partial charge in [0.25, 0.3) is 0 Å². The molecular formula is C13H12FN5O3S. The van der Waals surface area contributed by atoms with Crippen LogP contribution in [0.1, 0.15) is 5.56 Å². The topological polar surface area (TPSA) is 110 Å². The highest BCUT2D eigenvalue weighted by Crippen LogP contribution is 2.21. The third-order valence-electron chi connectivity index (χ3n) is 2.92. The number of hydrogen-bond donors (Lipinski definition) is 2. The van der Waals surface area contributed by atoms with E-state index < -0.39 is 15.9 Å². The normalized spacial score (nSPS) is 11.6. The average Bonchev–Trinajstić information content (AvgIpc) is 2.95. The van der Waals surface area contributed by atoms with Gasteiger partial charge in [0.15, 0.2) is 23.0 Å². The lowest BCUT2D eigenvalue weighted by Gasteiger charge is -2.08. The molecule has 0 bridgehead atoms. The summed E-state index contributed by atoms with van der Waals surface area (Å²) in [6.07, 6.45) is 3.73. The van der Waals surface area contributed by atoms with E-state index in [9.17, 15) is 12.8 Å². The lowest BCUT2D eigenvalue weighted by molar-refractivity contribution is 0.466. The molecule has 0 fully saturated rings. The highest BCUT2D eigenvalue weighted by Gasteiger charge is 2.11. The molecule has 10 heteroatoms. The molecule has 23 heavy (non-hydrogen) atoms. The van der Waals surface area contributed by atoms with Crippen molar-refractivity contribution in [2.75, 3.05) is 11.6 Å². The number of benzene rings is 1. The molecule has 0 atom stereocenters. The van der Waals surface area contributed by atoms with E-state index in [0.29, 0.717) is 22.5 Å². The van der Waals surface area contributed by atoms with Crippen LogP contribution in [0.2, 0.25) is 0 Å². The minimum absolute atomic E-state index is 0.279. The van der Waals surface area contributed by atoms with Gasteiger partial charge in [0.05, 0.1) is 12.6 Å². The zero-order valence-electron chi connectivity index (χ0n) is 11.9. The molecule has 0 aliphatic heterocycles. The van der Waals surface area contributed by atoms with Crippen molar-refractivity contribution in [3.63, 3.8) is 0 Å². The Labute approximate surface area is 130 Å². The van der Waals surface area contributed by atoms with Crippen molar-refractivity contribution >= 4 is 27.1 Å². The number of hydrogen-bond acceptors (Lipinski definition) is 7. The molecule has 0 unspecified atom stereocenters. The van der Waals surface area contributed by atoms with E-state index in [0.717, 1.165) is 6.26 Å². The summed E-state index contributed by atoms with van der Waals surface area (Å²) in [6.45, 7) is 0.279. The number of nitrogens with zero attached hydrogens (tertiary/aromatic N) is 3. The molecule has 120 valence electrons. The number of aromatic nitrogens is 4. The zero-order chi connectivity index (χ0) is 16.4. The molecule has 2 N–H and O–H groups in total. The maximum atomic E-state index is 13.9. The quantitative estimate of drug-likeness (QED) is 0.678. The first-order valence-corrected chi connectivity index (χ1v) is 8.30. The molecule has 8 nitrogen and oxygen atoms in total. The first-order chi connectivity index (χ1) is 10.9. The number of nitrogens with one attached hydrogen (secondary N) is 2. The predicted octanol–water partition coefficient (Wildman–Crippen LogP) is 1.44. The zero-order valence-corrected chi connectivity index (χ0v) is 12.8. The molecule has 0 radical (unpaired) electrons. The van der Waals surface area contributed by atoms with Crippen LogP contribution in [0, 0.1) is 5.82 Å². The second-order valence-electron chi connectivity index (χ2n) is 4.73. The van der Waals surface area contributed by atoms with Gasteiger partial charge in [-0.25, -0.2) is 19.3 Å². The van der Waals surface area contributed by atoms with Crippen LogP contribution in [0.5, 0.6) is 5.75 Å². The Morgan fingerprint density at radius 2 is 2.13 bits per heavy atom. The van der Waals surface area contributed by atoms with Gasteiger partial charge >= 0.3 is 10.1 Å². The number of aromatic amines is 1. The monoisotopic (exact) mass is 337 g/mol. The summed E-state index contributed by atoms with van der Waals surface area (Å²) < 4.78 is 40.4. The average molecular weight is 337 g/mol. The summed E-state index contributed by atoms with van der Waals surface area (Å²) in [5.41, 5.74) is 1.75. The van der Waals surface area contributed by atoms with Crippen LogP contribution >= 0.6 is 0 Å². The van der Waals surface area contributed by atoms with Crippen LogP contribution in [-0.2, 0) is 16.7 Å². The van der Waals surface area contributed by atoms with Gasteiger partial charge in [0.1, 0.15) is 11.8 Å². The summed E-state index contributed by atoms with van der Waals surface area (Å²) in [4.78, 5) is 15.0.